The number of ether oxygens (including phenoxy) is 1. The van der Waals surface area contributed by atoms with Crippen molar-refractivity contribution in [2.24, 2.45) is 15.4 Å². The molecule has 0 unspecified atom stereocenters. The average Bonchev–Trinajstić information content (AvgIpc) is 3.21. The molecule has 0 fully saturated rings. The summed E-state index contributed by atoms with van der Waals surface area (Å²) in [6, 6.07) is 11.1. The van der Waals surface area contributed by atoms with Crippen LogP contribution in [0.1, 0.15) is 82.6 Å². The van der Waals surface area contributed by atoms with Gasteiger partial charge in [-0.25, -0.2) is 9.98 Å². The molecule has 3 rings (SSSR count). The summed E-state index contributed by atoms with van der Waals surface area (Å²) in [6.45, 7) is 15.1. The van der Waals surface area contributed by atoms with Crippen molar-refractivity contribution in [1.82, 2.24) is 0 Å². The summed E-state index contributed by atoms with van der Waals surface area (Å²) in [5.41, 5.74) is 3.20. The molecule has 0 bridgehead atoms. The Kier molecular flexibility index (Phi) is 7.06. The van der Waals surface area contributed by atoms with Crippen LogP contribution in [0.2, 0.25) is 0 Å². The minimum atomic E-state index is -4.40. The lowest BCUT2D eigenvalue weighted by Crippen LogP contribution is -2.25. The maximum Gasteiger partial charge on any atom is 0.416 e. The number of benzene rings is 2. The molecule has 1 atom stereocenters. The Morgan fingerprint density at radius 3 is 1.91 bits per heavy atom. The first-order valence-corrected chi connectivity index (χ1v) is 11.4. The summed E-state index contributed by atoms with van der Waals surface area (Å²) < 4.78 is 45.4. The Hall–Kier alpha value is -2.63. The normalized spacial score (nSPS) is 17.5. The highest BCUT2D eigenvalue weighted by molar-refractivity contribution is 6.46. The van der Waals surface area contributed by atoms with Crippen molar-refractivity contribution in [3.8, 4) is 0 Å². The first-order chi connectivity index (χ1) is 15.3. The molecule has 3 nitrogen and oxygen atoms in total. The average molecular weight is 459 g/mol. The Bertz CT molecular complexity index is 1020. The van der Waals surface area contributed by atoms with Crippen LogP contribution < -0.4 is 0 Å². The molecule has 0 aliphatic carbocycles. The predicted octanol–water partition coefficient (Wildman–Crippen LogP) is 7.92. The molecule has 0 saturated heterocycles. The molecule has 2 aromatic carbocycles. The molecule has 6 heteroatoms. The van der Waals surface area contributed by atoms with Crippen LogP contribution >= 0.6 is 0 Å². The molecule has 0 N–H and O–H groups in total. The first-order valence-electron chi connectivity index (χ1n) is 11.4. The zero-order chi connectivity index (χ0) is 24.6. The quantitative estimate of drug-likeness (QED) is 0.419. The van der Waals surface area contributed by atoms with Crippen LogP contribution in [-0.4, -0.2) is 24.3 Å². The highest BCUT2D eigenvalue weighted by atomic mass is 19.4. The maximum atomic E-state index is 13.2. The van der Waals surface area contributed by atoms with Crippen molar-refractivity contribution in [3.05, 3.63) is 64.7 Å². The fourth-order valence-electron chi connectivity index (χ4n) is 3.75. The van der Waals surface area contributed by atoms with E-state index in [1.165, 1.54) is 12.1 Å². The minimum Gasteiger partial charge on any atom is -0.474 e. The lowest BCUT2D eigenvalue weighted by atomic mass is 9.88. The molecule has 0 spiro atoms. The van der Waals surface area contributed by atoms with Crippen LogP contribution in [0, 0.1) is 5.41 Å². The van der Waals surface area contributed by atoms with Crippen LogP contribution in [0.25, 0.3) is 0 Å². The molecule has 0 radical (unpaired) electrons. The van der Waals surface area contributed by atoms with Gasteiger partial charge in [0.2, 0.25) is 5.90 Å². The lowest BCUT2D eigenvalue weighted by molar-refractivity contribution is -0.137. The second-order valence-corrected chi connectivity index (χ2v) is 10.3. The summed E-state index contributed by atoms with van der Waals surface area (Å²) in [5, 5.41) is 0. The number of hydrogen-bond donors (Lipinski definition) is 0. The van der Waals surface area contributed by atoms with Crippen molar-refractivity contribution in [3.63, 3.8) is 0 Å². The van der Waals surface area contributed by atoms with Crippen LogP contribution in [0.5, 0.6) is 0 Å². The van der Waals surface area contributed by atoms with Crippen LogP contribution in [0.15, 0.2) is 52.4 Å². The Morgan fingerprint density at radius 1 is 0.939 bits per heavy atom. The maximum absolute atomic E-state index is 13.2. The van der Waals surface area contributed by atoms with E-state index in [1.54, 1.807) is 0 Å². The standard InChI is InChI=1S/C27H33F3N2O/c1-16(2)20-9-8-10-21(17(3)4)24(20)32-23(25-31-22(15-33-25)26(5,6)7)18-11-13-19(14-12-18)27(28,29)30/h8-14,16-17,22H,15H2,1-7H3/t22-/m1/s1. The van der Waals surface area contributed by atoms with E-state index in [-0.39, 0.29) is 23.3 Å². The van der Waals surface area contributed by atoms with Gasteiger partial charge in [-0.1, -0.05) is 78.8 Å². The third-order valence-corrected chi connectivity index (χ3v) is 5.90. The van der Waals surface area contributed by atoms with Gasteiger partial charge in [0.05, 0.1) is 17.3 Å². The van der Waals surface area contributed by atoms with Gasteiger partial charge in [0.25, 0.3) is 0 Å². The Labute approximate surface area is 194 Å². The number of halogens is 3. The van der Waals surface area contributed by atoms with E-state index in [2.05, 4.69) is 60.6 Å². The van der Waals surface area contributed by atoms with E-state index in [9.17, 15) is 13.2 Å². The van der Waals surface area contributed by atoms with E-state index in [0.29, 0.717) is 23.8 Å². The predicted molar refractivity (Wildman–Crippen MR) is 129 cm³/mol. The zero-order valence-corrected chi connectivity index (χ0v) is 20.4. The minimum absolute atomic E-state index is 0.0583. The number of para-hydroxylation sites is 1. The van der Waals surface area contributed by atoms with E-state index < -0.39 is 11.7 Å². The van der Waals surface area contributed by atoms with Gasteiger partial charge < -0.3 is 4.74 Å². The van der Waals surface area contributed by atoms with E-state index in [4.69, 9.17) is 14.7 Å². The third kappa shape index (κ3) is 5.66. The van der Waals surface area contributed by atoms with Gasteiger partial charge in [-0.3, -0.25) is 0 Å². The second kappa shape index (κ2) is 9.32. The van der Waals surface area contributed by atoms with Crippen molar-refractivity contribution >= 4 is 17.3 Å². The molecule has 1 heterocycles. The summed E-state index contributed by atoms with van der Waals surface area (Å²) in [6.07, 6.45) is -4.40. The number of hydrogen-bond acceptors (Lipinski definition) is 3. The number of rotatable bonds is 5. The molecular formula is C27H33F3N2O. The summed E-state index contributed by atoms with van der Waals surface area (Å²) in [7, 11) is 0. The van der Waals surface area contributed by atoms with Crippen molar-refractivity contribution < 1.29 is 17.9 Å². The fourth-order valence-corrected chi connectivity index (χ4v) is 3.75. The molecule has 0 amide bonds. The summed E-state index contributed by atoms with van der Waals surface area (Å²) in [4.78, 5) is 9.84. The SMILES string of the molecule is CC(C)c1cccc(C(C)C)c1N=C(C1=N[C@@H](C(C)(C)C)CO1)c1ccc(C(F)(F)F)cc1. The van der Waals surface area contributed by atoms with Crippen LogP contribution in [0.4, 0.5) is 18.9 Å². The first kappa shape index (κ1) is 25.0. The number of nitrogens with zero attached hydrogens (tertiary/aromatic N) is 2. The van der Waals surface area contributed by atoms with Gasteiger partial charge in [0.15, 0.2) is 0 Å². The number of alkyl halides is 3. The topological polar surface area (TPSA) is 34.0 Å². The highest BCUT2D eigenvalue weighted by Crippen LogP contribution is 2.36. The second-order valence-electron chi connectivity index (χ2n) is 10.3. The molecule has 0 saturated carbocycles. The van der Waals surface area contributed by atoms with Crippen LogP contribution in [0.3, 0.4) is 0 Å². The van der Waals surface area contributed by atoms with Gasteiger partial charge in [0.1, 0.15) is 12.3 Å². The van der Waals surface area contributed by atoms with Crippen LogP contribution in [-0.2, 0) is 10.9 Å². The Balaban J connectivity index is 2.22. The third-order valence-electron chi connectivity index (χ3n) is 5.90. The Morgan fingerprint density at radius 2 is 1.48 bits per heavy atom. The molecule has 1 aliphatic rings. The van der Waals surface area contributed by atoms with Gasteiger partial charge in [-0.2, -0.15) is 13.2 Å². The largest absolute Gasteiger partial charge is 0.474 e. The van der Waals surface area contributed by atoms with Gasteiger partial charge >= 0.3 is 6.18 Å². The molecule has 2 aromatic rings. The molecule has 1 aliphatic heterocycles. The summed E-state index contributed by atoms with van der Waals surface area (Å²) in [5.74, 6) is 0.832. The van der Waals surface area contributed by atoms with E-state index in [0.717, 1.165) is 28.9 Å². The highest BCUT2D eigenvalue weighted by Gasteiger charge is 2.34. The molecular weight excluding hydrogens is 425 g/mol. The molecule has 33 heavy (non-hydrogen) atoms. The monoisotopic (exact) mass is 458 g/mol. The fraction of sp³-hybridized carbons (Fsp3) is 0.481. The van der Waals surface area contributed by atoms with Gasteiger partial charge in [0, 0.05) is 5.56 Å². The number of aliphatic imine (C=N–C) groups is 2. The van der Waals surface area contributed by atoms with E-state index in [1.807, 2.05) is 6.07 Å². The van der Waals surface area contributed by atoms with Gasteiger partial charge in [-0.05, 0) is 40.5 Å². The molecule has 178 valence electrons. The lowest BCUT2D eigenvalue weighted by Gasteiger charge is -2.21. The van der Waals surface area contributed by atoms with E-state index >= 15 is 0 Å². The van der Waals surface area contributed by atoms with Crippen molar-refractivity contribution in [2.75, 3.05) is 6.61 Å². The van der Waals surface area contributed by atoms with Crippen molar-refractivity contribution in [1.29, 1.82) is 0 Å². The molecule has 0 aromatic heterocycles. The summed E-state index contributed by atoms with van der Waals surface area (Å²) >= 11 is 0. The zero-order valence-electron chi connectivity index (χ0n) is 20.4. The van der Waals surface area contributed by atoms with Crippen molar-refractivity contribution in [2.45, 2.75) is 72.5 Å². The smallest absolute Gasteiger partial charge is 0.416 e. The van der Waals surface area contributed by atoms with Gasteiger partial charge in [-0.15, -0.1) is 0 Å².